The lowest BCUT2D eigenvalue weighted by Gasteiger charge is -2.24. The minimum atomic E-state index is -1.03. The lowest BCUT2D eigenvalue weighted by Crippen LogP contribution is -2.29. The summed E-state index contributed by atoms with van der Waals surface area (Å²) in [6.45, 7) is 5.73. The zero-order valence-corrected chi connectivity index (χ0v) is 24.0. The molecule has 1 unspecified atom stereocenters. The molecular weight excluding hydrogens is 532 g/mol. The van der Waals surface area contributed by atoms with Crippen molar-refractivity contribution < 1.29 is 33.7 Å². The fraction of sp³-hybridized carbons (Fsp3) is 0.333. The topological polar surface area (TPSA) is 115 Å². The van der Waals surface area contributed by atoms with E-state index in [1.54, 1.807) is 49.4 Å². The van der Waals surface area contributed by atoms with E-state index in [0.717, 1.165) is 30.6 Å². The number of aryl methyl sites for hydroxylation is 1. The molecule has 3 aromatic rings. The fourth-order valence-electron chi connectivity index (χ4n) is 4.57. The molecule has 0 aliphatic carbocycles. The molecule has 210 valence electrons. The molecule has 1 fully saturated rings. The predicted molar refractivity (Wildman–Crippen MR) is 153 cm³/mol. The highest BCUT2D eigenvalue weighted by atomic mass is 32.1. The lowest BCUT2D eigenvalue weighted by atomic mass is 9.95. The highest BCUT2D eigenvalue weighted by molar-refractivity contribution is 7.18. The Hall–Kier alpha value is -4.18. The molecule has 1 aliphatic heterocycles. The summed E-state index contributed by atoms with van der Waals surface area (Å²) in [6.07, 6.45) is 2.99. The van der Waals surface area contributed by atoms with E-state index in [9.17, 15) is 19.5 Å². The summed E-state index contributed by atoms with van der Waals surface area (Å²) in [6, 6.07) is 10.6. The molecule has 1 saturated heterocycles. The van der Waals surface area contributed by atoms with Crippen LogP contribution in [0.4, 0.5) is 5.13 Å². The summed E-state index contributed by atoms with van der Waals surface area (Å²) in [7, 11) is 3.03. The second kappa shape index (κ2) is 12.3. The van der Waals surface area contributed by atoms with Crippen molar-refractivity contribution in [2.45, 2.75) is 46.1 Å². The third kappa shape index (κ3) is 5.58. The number of carbonyl (C=O) groups is 3. The number of carbonyl (C=O) groups excluding carboxylic acids is 3. The van der Waals surface area contributed by atoms with Crippen molar-refractivity contribution in [3.05, 3.63) is 69.7 Å². The molecule has 40 heavy (non-hydrogen) atoms. The van der Waals surface area contributed by atoms with Crippen LogP contribution >= 0.6 is 11.3 Å². The highest BCUT2D eigenvalue weighted by Gasteiger charge is 2.48. The predicted octanol–water partition coefficient (Wildman–Crippen LogP) is 5.87. The molecule has 0 radical (unpaired) electrons. The van der Waals surface area contributed by atoms with Gasteiger partial charge in [0.15, 0.2) is 22.4 Å². The zero-order chi connectivity index (χ0) is 29.0. The van der Waals surface area contributed by atoms with Crippen molar-refractivity contribution in [2.75, 3.05) is 25.7 Å². The van der Waals surface area contributed by atoms with Crippen molar-refractivity contribution in [1.82, 2.24) is 4.98 Å². The van der Waals surface area contributed by atoms with Gasteiger partial charge in [0.05, 0.1) is 43.0 Å². The number of aromatic nitrogens is 1. The Labute approximate surface area is 237 Å². The molecule has 0 spiro atoms. The Bertz CT molecular complexity index is 1460. The number of aliphatic hydroxyl groups excluding tert-OH is 1. The van der Waals surface area contributed by atoms with E-state index in [1.807, 2.05) is 0 Å². The number of nitrogens with zero attached hydrogens (tertiary/aromatic N) is 2. The monoisotopic (exact) mass is 564 g/mol. The van der Waals surface area contributed by atoms with Crippen molar-refractivity contribution >= 4 is 39.7 Å². The van der Waals surface area contributed by atoms with Crippen LogP contribution in [0.15, 0.2) is 48.0 Å². The van der Waals surface area contributed by atoms with Crippen LogP contribution in [-0.2, 0) is 9.59 Å². The van der Waals surface area contributed by atoms with Gasteiger partial charge < -0.3 is 19.3 Å². The summed E-state index contributed by atoms with van der Waals surface area (Å²) in [5.74, 6) is -0.742. The first kappa shape index (κ1) is 28.8. The minimum absolute atomic E-state index is 0.105. The summed E-state index contributed by atoms with van der Waals surface area (Å²) < 4.78 is 16.7. The van der Waals surface area contributed by atoms with Gasteiger partial charge in [-0.25, -0.2) is 4.98 Å². The fourth-order valence-corrected chi connectivity index (χ4v) is 5.56. The van der Waals surface area contributed by atoms with Gasteiger partial charge >= 0.3 is 5.91 Å². The molecule has 1 amide bonds. The summed E-state index contributed by atoms with van der Waals surface area (Å²) in [4.78, 5) is 45.2. The van der Waals surface area contributed by atoms with Crippen LogP contribution in [-0.4, -0.2) is 48.4 Å². The van der Waals surface area contributed by atoms with Crippen LogP contribution in [0.2, 0.25) is 0 Å². The van der Waals surface area contributed by atoms with Crippen LogP contribution in [0.1, 0.15) is 65.6 Å². The number of thiazole rings is 1. The number of amides is 1. The van der Waals surface area contributed by atoms with E-state index in [1.165, 1.54) is 26.0 Å². The van der Waals surface area contributed by atoms with E-state index in [4.69, 9.17) is 14.2 Å². The number of rotatable bonds is 11. The van der Waals surface area contributed by atoms with Crippen molar-refractivity contribution in [3.8, 4) is 17.2 Å². The number of Topliss-reactive ketones (excluding diaryl/α,β-unsaturated/α-hetero) is 2. The van der Waals surface area contributed by atoms with E-state index >= 15 is 0 Å². The number of benzene rings is 2. The Morgan fingerprint density at radius 3 is 2.38 bits per heavy atom. The SMILES string of the molecule is CCCCCOc1ccc(C2/C(=C(\O)c3ccc(OC)cc3)C(=O)C(=O)N2c2nc(C)c(C(C)=O)s2)cc1OC. The van der Waals surface area contributed by atoms with Crippen molar-refractivity contribution in [2.24, 2.45) is 0 Å². The van der Waals surface area contributed by atoms with Crippen LogP contribution in [0.25, 0.3) is 5.76 Å². The third-order valence-electron chi connectivity index (χ3n) is 6.63. The van der Waals surface area contributed by atoms with Crippen LogP contribution < -0.4 is 19.1 Å². The molecule has 1 N–H and O–H groups in total. The molecule has 4 rings (SSSR count). The molecule has 2 aromatic carbocycles. The number of hydrogen-bond acceptors (Lipinski definition) is 9. The van der Waals surface area contributed by atoms with Crippen LogP contribution in [0, 0.1) is 6.92 Å². The molecular formula is C30H32N2O7S. The number of unbranched alkanes of at least 4 members (excludes halogenated alkanes) is 2. The van der Waals surface area contributed by atoms with Crippen molar-refractivity contribution in [1.29, 1.82) is 0 Å². The molecule has 10 heteroatoms. The average Bonchev–Trinajstić information content (AvgIpc) is 3.47. The Balaban J connectivity index is 1.87. The molecule has 0 saturated carbocycles. The molecule has 1 aliphatic rings. The number of anilines is 1. The molecule has 9 nitrogen and oxygen atoms in total. The Morgan fingerprint density at radius 1 is 1.05 bits per heavy atom. The third-order valence-corrected chi connectivity index (χ3v) is 7.89. The maximum Gasteiger partial charge on any atom is 0.301 e. The standard InChI is InChI=1S/C30H32N2O7S/c1-6-7-8-15-39-22-14-11-20(16-23(22)38-5)25-24(26(34)19-9-12-21(37-4)13-10-19)27(35)29(36)32(25)30-31-17(2)28(40-30)18(3)33/h9-14,16,25,34H,6-8,15H2,1-5H3/b26-24+. The quantitative estimate of drug-likeness (QED) is 0.101. The smallest absolute Gasteiger partial charge is 0.301 e. The number of ketones is 2. The normalized spacial score (nSPS) is 16.3. The van der Waals surface area contributed by atoms with Crippen molar-refractivity contribution in [3.63, 3.8) is 0 Å². The van der Waals surface area contributed by atoms with E-state index in [2.05, 4.69) is 11.9 Å². The first-order valence-corrected chi connectivity index (χ1v) is 13.8. The van der Waals surface area contributed by atoms with Gasteiger partial charge in [0, 0.05) is 12.5 Å². The Kier molecular flexibility index (Phi) is 8.89. The zero-order valence-electron chi connectivity index (χ0n) is 23.1. The van der Waals surface area contributed by atoms with Gasteiger partial charge in [-0.2, -0.15) is 0 Å². The maximum atomic E-state index is 13.5. The summed E-state index contributed by atoms with van der Waals surface area (Å²) in [5.41, 5.74) is 1.19. The van der Waals surface area contributed by atoms with Gasteiger partial charge in [-0.05, 0) is 55.3 Å². The maximum absolute atomic E-state index is 13.5. The second-order valence-electron chi connectivity index (χ2n) is 9.33. The molecule has 1 atom stereocenters. The van der Waals surface area contributed by atoms with Gasteiger partial charge in [0.1, 0.15) is 11.5 Å². The van der Waals surface area contributed by atoms with Gasteiger partial charge in [-0.1, -0.05) is 37.2 Å². The number of ether oxygens (including phenoxy) is 3. The highest BCUT2D eigenvalue weighted by Crippen LogP contribution is 2.45. The van der Waals surface area contributed by atoms with Crippen LogP contribution in [0.3, 0.4) is 0 Å². The molecule has 0 bridgehead atoms. The van der Waals surface area contributed by atoms with E-state index < -0.39 is 17.7 Å². The van der Waals surface area contributed by atoms with E-state index in [0.29, 0.717) is 45.6 Å². The first-order valence-electron chi connectivity index (χ1n) is 13.0. The second-order valence-corrected chi connectivity index (χ2v) is 10.3. The Morgan fingerprint density at radius 2 is 1.77 bits per heavy atom. The van der Waals surface area contributed by atoms with Gasteiger partial charge in [0.2, 0.25) is 0 Å². The lowest BCUT2D eigenvalue weighted by molar-refractivity contribution is -0.132. The largest absolute Gasteiger partial charge is 0.507 e. The first-order chi connectivity index (χ1) is 19.2. The summed E-state index contributed by atoms with van der Waals surface area (Å²) in [5, 5.41) is 11.6. The number of aliphatic hydroxyl groups is 1. The van der Waals surface area contributed by atoms with Crippen LogP contribution in [0.5, 0.6) is 17.2 Å². The molecule has 2 heterocycles. The average molecular weight is 565 g/mol. The van der Waals surface area contributed by atoms with Gasteiger partial charge in [-0.3, -0.25) is 19.3 Å². The number of methoxy groups -OCH3 is 2. The van der Waals surface area contributed by atoms with Gasteiger partial charge in [0.25, 0.3) is 5.78 Å². The minimum Gasteiger partial charge on any atom is -0.507 e. The number of hydrogen-bond donors (Lipinski definition) is 1. The van der Waals surface area contributed by atoms with Gasteiger partial charge in [-0.15, -0.1) is 0 Å². The molecule has 1 aromatic heterocycles. The summed E-state index contributed by atoms with van der Waals surface area (Å²) >= 11 is 1.03. The van der Waals surface area contributed by atoms with E-state index in [-0.39, 0.29) is 22.2 Å².